The van der Waals surface area contributed by atoms with Crippen LogP contribution in [-0.4, -0.2) is 24.7 Å². The summed E-state index contributed by atoms with van der Waals surface area (Å²) in [7, 11) is 0. The van der Waals surface area contributed by atoms with Gasteiger partial charge in [0.25, 0.3) is 0 Å². The van der Waals surface area contributed by atoms with Crippen LogP contribution in [0.4, 0.5) is 5.82 Å². The Hall–Kier alpha value is -1.09. The largest absolute Gasteiger partial charge is 0.381 e. The number of pyridine rings is 1. The van der Waals surface area contributed by atoms with Gasteiger partial charge in [0.05, 0.1) is 6.61 Å². The standard InChI is InChI=1S/C12H18N2O/c1-10-4-2-6-13-12(10)14-8-11-5-3-7-15-9-11/h2,4,6,11H,3,5,7-9H2,1H3,(H,13,14). The van der Waals surface area contributed by atoms with Gasteiger partial charge in [-0.25, -0.2) is 4.98 Å². The molecule has 15 heavy (non-hydrogen) atoms. The lowest BCUT2D eigenvalue weighted by molar-refractivity contribution is 0.0595. The van der Waals surface area contributed by atoms with E-state index >= 15 is 0 Å². The molecule has 0 spiro atoms. The van der Waals surface area contributed by atoms with Crippen molar-refractivity contribution in [3.05, 3.63) is 23.9 Å². The summed E-state index contributed by atoms with van der Waals surface area (Å²) in [4.78, 5) is 4.31. The Balaban J connectivity index is 1.84. The quantitative estimate of drug-likeness (QED) is 0.823. The average molecular weight is 206 g/mol. The third-order valence-corrected chi connectivity index (χ3v) is 2.82. The average Bonchev–Trinajstić information content (AvgIpc) is 2.29. The SMILES string of the molecule is Cc1cccnc1NCC1CCCOC1. The number of anilines is 1. The van der Waals surface area contributed by atoms with Crippen LogP contribution in [0, 0.1) is 12.8 Å². The van der Waals surface area contributed by atoms with E-state index in [9.17, 15) is 0 Å². The van der Waals surface area contributed by atoms with Gasteiger partial charge in [-0.3, -0.25) is 0 Å². The molecule has 1 fully saturated rings. The van der Waals surface area contributed by atoms with E-state index in [0.717, 1.165) is 25.6 Å². The van der Waals surface area contributed by atoms with Gasteiger partial charge in [-0.15, -0.1) is 0 Å². The van der Waals surface area contributed by atoms with Crippen molar-refractivity contribution in [2.24, 2.45) is 5.92 Å². The molecule has 1 saturated heterocycles. The van der Waals surface area contributed by atoms with E-state index < -0.39 is 0 Å². The van der Waals surface area contributed by atoms with Crippen molar-refractivity contribution in [2.75, 3.05) is 25.1 Å². The third kappa shape index (κ3) is 2.93. The van der Waals surface area contributed by atoms with Gasteiger partial charge in [-0.2, -0.15) is 0 Å². The molecule has 1 atom stereocenters. The van der Waals surface area contributed by atoms with Crippen molar-refractivity contribution in [2.45, 2.75) is 19.8 Å². The Kier molecular flexibility index (Phi) is 3.56. The Morgan fingerprint density at radius 1 is 1.60 bits per heavy atom. The minimum Gasteiger partial charge on any atom is -0.381 e. The van der Waals surface area contributed by atoms with Gasteiger partial charge < -0.3 is 10.1 Å². The van der Waals surface area contributed by atoms with Gasteiger partial charge in [-0.1, -0.05) is 6.07 Å². The second-order valence-corrected chi connectivity index (χ2v) is 4.13. The van der Waals surface area contributed by atoms with Gasteiger partial charge in [0.15, 0.2) is 0 Å². The number of nitrogens with one attached hydrogen (secondary N) is 1. The van der Waals surface area contributed by atoms with E-state index in [0.29, 0.717) is 5.92 Å². The lowest BCUT2D eigenvalue weighted by Gasteiger charge is -2.22. The van der Waals surface area contributed by atoms with Crippen molar-refractivity contribution >= 4 is 5.82 Å². The Bertz CT molecular complexity index is 308. The molecule has 0 aromatic carbocycles. The van der Waals surface area contributed by atoms with Crippen LogP contribution >= 0.6 is 0 Å². The molecule has 1 aromatic rings. The van der Waals surface area contributed by atoms with Crippen molar-refractivity contribution in [3.63, 3.8) is 0 Å². The lowest BCUT2D eigenvalue weighted by atomic mass is 10.0. The van der Waals surface area contributed by atoms with Gasteiger partial charge in [-0.05, 0) is 37.3 Å². The van der Waals surface area contributed by atoms with Crippen molar-refractivity contribution in [3.8, 4) is 0 Å². The molecule has 1 N–H and O–H groups in total. The normalized spacial score (nSPS) is 21.3. The van der Waals surface area contributed by atoms with Gasteiger partial charge in [0.1, 0.15) is 5.82 Å². The van der Waals surface area contributed by atoms with Crippen LogP contribution in [-0.2, 0) is 4.74 Å². The fourth-order valence-corrected chi connectivity index (χ4v) is 1.88. The zero-order valence-electron chi connectivity index (χ0n) is 9.20. The van der Waals surface area contributed by atoms with Crippen LogP contribution in [0.1, 0.15) is 18.4 Å². The fourth-order valence-electron chi connectivity index (χ4n) is 1.88. The first-order chi connectivity index (χ1) is 7.36. The molecule has 3 nitrogen and oxygen atoms in total. The zero-order chi connectivity index (χ0) is 10.5. The summed E-state index contributed by atoms with van der Waals surface area (Å²) in [5.41, 5.74) is 1.20. The molecular formula is C12H18N2O. The van der Waals surface area contributed by atoms with Crippen LogP contribution in [0.3, 0.4) is 0 Å². The fraction of sp³-hybridized carbons (Fsp3) is 0.583. The first kappa shape index (κ1) is 10.4. The van der Waals surface area contributed by atoms with E-state index in [1.807, 2.05) is 12.3 Å². The minimum atomic E-state index is 0.639. The molecule has 0 amide bonds. The predicted molar refractivity (Wildman–Crippen MR) is 61.0 cm³/mol. The molecule has 3 heteroatoms. The maximum Gasteiger partial charge on any atom is 0.128 e. The smallest absolute Gasteiger partial charge is 0.128 e. The number of nitrogens with zero attached hydrogens (tertiary/aromatic N) is 1. The van der Waals surface area contributed by atoms with Crippen LogP contribution in [0.15, 0.2) is 18.3 Å². The molecule has 0 aliphatic carbocycles. The number of hydrogen-bond donors (Lipinski definition) is 1. The van der Waals surface area contributed by atoms with E-state index in [1.165, 1.54) is 18.4 Å². The van der Waals surface area contributed by atoms with E-state index in [4.69, 9.17) is 4.74 Å². The highest BCUT2D eigenvalue weighted by Gasteiger charge is 2.13. The van der Waals surface area contributed by atoms with Crippen LogP contribution in [0.2, 0.25) is 0 Å². The van der Waals surface area contributed by atoms with E-state index in [1.54, 1.807) is 0 Å². The molecule has 1 aliphatic rings. The topological polar surface area (TPSA) is 34.2 Å². The van der Waals surface area contributed by atoms with Crippen LogP contribution in [0.5, 0.6) is 0 Å². The number of aromatic nitrogens is 1. The van der Waals surface area contributed by atoms with Crippen molar-refractivity contribution < 1.29 is 4.74 Å². The second-order valence-electron chi connectivity index (χ2n) is 4.13. The Morgan fingerprint density at radius 2 is 2.53 bits per heavy atom. The molecular weight excluding hydrogens is 188 g/mol. The molecule has 82 valence electrons. The third-order valence-electron chi connectivity index (χ3n) is 2.82. The monoisotopic (exact) mass is 206 g/mol. The molecule has 2 rings (SSSR count). The molecule has 1 unspecified atom stereocenters. The van der Waals surface area contributed by atoms with Crippen LogP contribution in [0.25, 0.3) is 0 Å². The van der Waals surface area contributed by atoms with E-state index in [2.05, 4.69) is 23.3 Å². The summed E-state index contributed by atoms with van der Waals surface area (Å²) in [5.74, 6) is 1.64. The summed E-state index contributed by atoms with van der Waals surface area (Å²) in [5, 5.41) is 3.39. The summed E-state index contributed by atoms with van der Waals surface area (Å²) in [6, 6.07) is 4.04. The Labute approximate surface area is 90.9 Å². The van der Waals surface area contributed by atoms with Crippen molar-refractivity contribution in [1.82, 2.24) is 4.98 Å². The minimum absolute atomic E-state index is 0.639. The Morgan fingerprint density at radius 3 is 3.27 bits per heavy atom. The molecule has 1 aliphatic heterocycles. The summed E-state index contributed by atoms with van der Waals surface area (Å²) in [6.45, 7) is 4.86. The summed E-state index contributed by atoms with van der Waals surface area (Å²) >= 11 is 0. The molecule has 1 aromatic heterocycles. The molecule has 0 bridgehead atoms. The molecule has 0 saturated carbocycles. The highest BCUT2D eigenvalue weighted by molar-refractivity contribution is 5.42. The highest BCUT2D eigenvalue weighted by atomic mass is 16.5. The van der Waals surface area contributed by atoms with E-state index in [-0.39, 0.29) is 0 Å². The van der Waals surface area contributed by atoms with Crippen LogP contribution < -0.4 is 5.32 Å². The predicted octanol–water partition coefficient (Wildman–Crippen LogP) is 2.23. The lowest BCUT2D eigenvalue weighted by Crippen LogP contribution is -2.24. The number of ether oxygens (including phenoxy) is 1. The molecule has 0 radical (unpaired) electrons. The van der Waals surface area contributed by atoms with Gasteiger partial charge in [0, 0.05) is 19.3 Å². The summed E-state index contributed by atoms with van der Waals surface area (Å²) < 4.78 is 5.44. The molecule has 2 heterocycles. The maximum absolute atomic E-state index is 5.44. The second kappa shape index (κ2) is 5.12. The number of rotatable bonds is 3. The van der Waals surface area contributed by atoms with Gasteiger partial charge in [0.2, 0.25) is 0 Å². The highest BCUT2D eigenvalue weighted by Crippen LogP contribution is 2.15. The first-order valence-electron chi connectivity index (χ1n) is 5.59. The number of hydrogen-bond acceptors (Lipinski definition) is 3. The van der Waals surface area contributed by atoms with Gasteiger partial charge >= 0.3 is 0 Å². The maximum atomic E-state index is 5.44. The van der Waals surface area contributed by atoms with Crippen molar-refractivity contribution in [1.29, 1.82) is 0 Å². The zero-order valence-corrected chi connectivity index (χ0v) is 9.20. The number of aryl methyl sites for hydroxylation is 1. The first-order valence-corrected chi connectivity index (χ1v) is 5.59. The summed E-state index contributed by atoms with van der Waals surface area (Å²) in [6.07, 6.45) is 4.28.